The summed E-state index contributed by atoms with van der Waals surface area (Å²) in [4.78, 5) is 34.0. The maximum absolute atomic E-state index is 13.7. The molecule has 4 aromatic carbocycles. The zero-order chi connectivity index (χ0) is 33.6. The van der Waals surface area contributed by atoms with Crippen LogP contribution in [0.3, 0.4) is 0 Å². The third kappa shape index (κ3) is 7.26. The molecule has 0 aliphatic heterocycles. The first-order chi connectivity index (χ1) is 23.2. The second-order valence-corrected chi connectivity index (χ2v) is 12.5. The van der Waals surface area contributed by atoms with Crippen LogP contribution in [0.5, 0.6) is 11.5 Å². The molecule has 1 heterocycles. The van der Waals surface area contributed by atoms with Crippen LogP contribution in [0.25, 0.3) is 11.1 Å². The molecule has 0 atom stereocenters. The van der Waals surface area contributed by atoms with E-state index in [0.29, 0.717) is 46.6 Å². The molecule has 0 spiro atoms. The second kappa shape index (κ2) is 14.4. The summed E-state index contributed by atoms with van der Waals surface area (Å²) in [7, 11) is 0. The van der Waals surface area contributed by atoms with E-state index in [9.17, 15) is 22.8 Å². The lowest BCUT2D eigenvalue weighted by Crippen LogP contribution is -2.47. The molecular weight excluding hydrogens is 637 g/mol. The molecule has 0 fully saturated rings. The van der Waals surface area contributed by atoms with Crippen LogP contribution in [0.2, 0.25) is 0 Å². The zero-order valence-corrected chi connectivity index (χ0v) is 26.7. The summed E-state index contributed by atoms with van der Waals surface area (Å²) >= 11 is 1.47. The standard InChI is InChI=1S/C37H33F3N4O3S/c38-37(39,40)24-42-34(46)36(28-17-7-5-15-26(28)27-16-6-8-18-29(27)36)21-11-2-12-22-48-35-41-23-31(44-35)33(45)43-30-19-9-10-20-32(30)47-25-13-3-1-4-14-25/h1,3-10,13-20,23H,2,11-12,21-22,24H2,(H,41,44)(H,42,46)(H,43,45). The van der Waals surface area contributed by atoms with Gasteiger partial charge in [-0.05, 0) is 59.4 Å². The number of alkyl halides is 3. The fraction of sp³-hybridized carbons (Fsp3) is 0.216. The molecule has 246 valence electrons. The van der Waals surface area contributed by atoms with Crippen molar-refractivity contribution in [2.75, 3.05) is 17.6 Å². The molecule has 0 saturated carbocycles. The number of imidazole rings is 1. The number of rotatable bonds is 13. The molecule has 1 aliphatic carbocycles. The molecule has 6 rings (SSSR count). The number of amides is 2. The van der Waals surface area contributed by atoms with E-state index < -0.39 is 24.0 Å². The second-order valence-electron chi connectivity index (χ2n) is 11.4. The minimum atomic E-state index is -4.51. The van der Waals surface area contributed by atoms with Gasteiger partial charge in [0, 0.05) is 5.75 Å². The minimum absolute atomic E-state index is 0.303. The summed E-state index contributed by atoms with van der Waals surface area (Å²) in [6.07, 6.45) is -0.511. The van der Waals surface area contributed by atoms with Gasteiger partial charge in [-0.2, -0.15) is 13.2 Å². The zero-order valence-electron chi connectivity index (χ0n) is 25.8. The number of fused-ring (bicyclic) bond motifs is 3. The number of benzene rings is 4. The number of halogens is 3. The number of ether oxygens (including phenoxy) is 1. The summed E-state index contributed by atoms with van der Waals surface area (Å²) in [6.45, 7) is -1.38. The fourth-order valence-electron chi connectivity index (χ4n) is 6.08. The van der Waals surface area contributed by atoms with Crippen LogP contribution in [0.1, 0.15) is 47.3 Å². The molecular formula is C37H33F3N4O3S. The van der Waals surface area contributed by atoms with Crippen LogP contribution >= 0.6 is 11.8 Å². The van der Waals surface area contributed by atoms with E-state index in [1.165, 1.54) is 18.0 Å². The molecule has 2 amide bonds. The average molecular weight is 671 g/mol. The number of H-pyrrole nitrogens is 1. The van der Waals surface area contributed by atoms with E-state index in [0.717, 1.165) is 35.1 Å². The number of hydrogen-bond acceptors (Lipinski definition) is 5. The fourth-order valence-corrected chi connectivity index (χ4v) is 6.93. The Morgan fingerprint density at radius 1 is 0.812 bits per heavy atom. The SMILES string of the molecule is O=C(Nc1ccccc1Oc1ccccc1)c1cnc(SCCCCCC2(C(=O)NCC(F)(F)F)c3ccccc3-c3ccccc32)[nH]1. The first-order valence-electron chi connectivity index (χ1n) is 15.6. The molecule has 0 unspecified atom stereocenters. The van der Waals surface area contributed by atoms with Crippen LogP contribution in [-0.4, -0.2) is 40.3 Å². The molecule has 1 aliphatic rings. The molecule has 1 aromatic heterocycles. The predicted molar refractivity (Wildman–Crippen MR) is 180 cm³/mol. The minimum Gasteiger partial charge on any atom is -0.455 e. The van der Waals surface area contributed by atoms with Crippen LogP contribution < -0.4 is 15.4 Å². The number of unbranched alkanes of at least 4 members (excludes halogenated alkanes) is 2. The number of aromatic amines is 1. The Morgan fingerprint density at radius 2 is 1.46 bits per heavy atom. The van der Waals surface area contributed by atoms with Gasteiger partial charge in [0.05, 0.1) is 11.9 Å². The third-order valence-electron chi connectivity index (χ3n) is 8.24. The summed E-state index contributed by atoms with van der Waals surface area (Å²) < 4.78 is 45.3. The normalized spacial score (nSPS) is 13.0. The quantitative estimate of drug-likeness (QED) is 0.0860. The Hall–Kier alpha value is -5.03. The number of para-hydroxylation sites is 3. The number of hydrogen-bond donors (Lipinski definition) is 3. The van der Waals surface area contributed by atoms with E-state index in [1.807, 2.05) is 91.0 Å². The molecule has 48 heavy (non-hydrogen) atoms. The lowest BCUT2D eigenvalue weighted by Gasteiger charge is -2.31. The Labute approximate surface area is 280 Å². The van der Waals surface area contributed by atoms with Crippen LogP contribution in [0.4, 0.5) is 18.9 Å². The summed E-state index contributed by atoms with van der Waals surface area (Å²) in [5.74, 6) is 0.863. The van der Waals surface area contributed by atoms with Gasteiger partial charge < -0.3 is 20.4 Å². The highest BCUT2D eigenvalue weighted by molar-refractivity contribution is 7.99. The van der Waals surface area contributed by atoms with Gasteiger partial charge in [-0.25, -0.2) is 4.98 Å². The van der Waals surface area contributed by atoms with Gasteiger partial charge in [0.25, 0.3) is 5.91 Å². The van der Waals surface area contributed by atoms with Crippen molar-refractivity contribution in [3.8, 4) is 22.6 Å². The number of carbonyl (C=O) groups excluding carboxylic acids is 2. The molecule has 11 heteroatoms. The summed E-state index contributed by atoms with van der Waals surface area (Å²) in [5.41, 5.74) is 2.82. The molecule has 7 nitrogen and oxygen atoms in total. The van der Waals surface area contributed by atoms with Crippen LogP contribution in [0, 0.1) is 0 Å². The molecule has 0 saturated heterocycles. The smallest absolute Gasteiger partial charge is 0.405 e. The van der Waals surface area contributed by atoms with Crippen LogP contribution in [0.15, 0.2) is 114 Å². The van der Waals surface area contributed by atoms with Crippen molar-refractivity contribution in [2.24, 2.45) is 0 Å². The highest BCUT2D eigenvalue weighted by Crippen LogP contribution is 2.51. The number of nitrogens with zero attached hydrogens (tertiary/aromatic N) is 1. The van der Waals surface area contributed by atoms with Crippen molar-refractivity contribution < 1.29 is 27.5 Å². The van der Waals surface area contributed by atoms with Gasteiger partial charge in [0.2, 0.25) is 5.91 Å². The number of aromatic nitrogens is 2. The van der Waals surface area contributed by atoms with E-state index >= 15 is 0 Å². The first kappa shape index (κ1) is 32.9. The highest BCUT2D eigenvalue weighted by Gasteiger charge is 2.49. The van der Waals surface area contributed by atoms with E-state index in [2.05, 4.69) is 20.6 Å². The van der Waals surface area contributed by atoms with Crippen molar-refractivity contribution in [3.05, 3.63) is 126 Å². The monoisotopic (exact) mass is 670 g/mol. The average Bonchev–Trinajstić information content (AvgIpc) is 3.68. The Bertz CT molecular complexity index is 1850. The number of carbonyl (C=O) groups is 2. The Balaban J connectivity index is 1.05. The van der Waals surface area contributed by atoms with Crippen molar-refractivity contribution in [3.63, 3.8) is 0 Å². The number of anilines is 1. The maximum Gasteiger partial charge on any atom is 0.405 e. The van der Waals surface area contributed by atoms with E-state index in [1.54, 1.807) is 12.1 Å². The van der Waals surface area contributed by atoms with E-state index in [-0.39, 0.29) is 5.91 Å². The van der Waals surface area contributed by atoms with Gasteiger partial charge in [0.15, 0.2) is 10.9 Å². The topological polar surface area (TPSA) is 96.1 Å². The van der Waals surface area contributed by atoms with Crippen molar-refractivity contribution >= 4 is 29.3 Å². The lowest BCUT2D eigenvalue weighted by atomic mass is 9.73. The lowest BCUT2D eigenvalue weighted by molar-refractivity contribution is -0.141. The van der Waals surface area contributed by atoms with Crippen molar-refractivity contribution in [1.29, 1.82) is 0 Å². The van der Waals surface area contributed by atoms with Crippen molar-refractivity contribution in [2.45, 2.75) is 42.4 Å². The largest absolute Gasteiger partial charge is 0.455 e. The summed E-state index contributed by atoms with van der Waals surface area (Å²) in [5, 5.41) is 5.65. The first-order valence-corrected chi connectivity index (χ1v) is 16.6. The van der Waals surface area contributed by atoms with Crippen LogP contribution in [-0.2, 0) is 10.2 Å². The van der Waals surface area contributed by atoms with Gasteiger partial charge in [0.1, 0.15) is 23.4 Å². The Morgan fingerprint density at radius 3 is 2.17 bits per heavy atom. The van der Waals surface area contributed by atoms with Gasteiger partial charge in [-0.15, -0.1) is 0 Å². The Kier molecular flexibility index (Phi) is 9.86. The van der Waals surface area contributed by atoms with E-state index in [4.69, 9.17) is 4.74 Å². The molecule has 0 radical (unpaired) electrons. The van der Waals surface area contributed by atoms with Gasteiger partial charge >= 0.3 is 6.18 Å². The molecule has 5 aromatic rings. The summed E-state index contributed by atoms with van der Waals surface area (Å²) in [6, 6.07) is 31.4. The molecule has 3 N–H and O–H groups in total. The van der Waals surface area contributed by atoms with Crippen molar-refractivity contribution in [1.82, 2.24) is 15.3 Å². The number of nitrogens with one attached hydrogen (secondary N) is 3. The maximum atomic E-state index is 13.7. The number of thioether (sulfide) groups is 1. The van der Waals surface area contributed by atoms with Gasteiger partial charge in [-0.3, -0.25) is 9.59 Å². The highest BCUT2D eigenvalue weighted by atomic mass is 32.2. The third-order valence-corrected chi connectivity index (χ3v) is 9.21. The predicted octanol–water partition coefficient (Wildman–Crippen LogP) is 8.75. The van der Waals surface area contributed by atoms with Gasteiger partial charge in [-0.1, -0.05) is 103 Å². The molecule has 0 bridgehead atoms.